The molecule has 0 aromatic heterocycles. The molecule has 5 nitrogen and oxygen atoms in total. The number of nitrogens with zero attached hydrogens (tertiary/aromatic N) is 2. The third-order valence-corrected chi connectivity index (χ3v) is 2.74. The number of carbonyl (C=O) groups excluding carboxylic acids is 1. The molecule has 86 valence electrons. The van der Waals surface area contributed by atoms with Gasteiger partial charge in [0.25, 0.3) is 11.6 Å². The van der Waals surface area contributed by atoms with E-state index in [0.29, 0.717) is 18.7 Å². The van der Waals surface area contributed by atoms with Gasteiger partial charge in [0.05, 0.1) is 4.92 Å². The molecule has 0 bridgehead atoms. The molecule has 0 aliphatic carbocycles. The van der Waals surface area contributed by atoms with Crippen molar-refractivity contribution in [1.29, 1.82) is 0 Å². The summed E-state index contributed by atoms with van der Waals surface area (Å²) in [6, 6.07) is 4.21. The van der Waals surface area contributed by atoms with Crippen LogP contribution in [0.5, 0.6) is 0 Å². The van der Waals surface area contributed by atoms with E-state index in [0.717, 1.165) is 6.42 Å². The topological polar surface area (TPSA) is 63.5 Å². The first kappa shape index (κ1) is 11.1. The highest BCUT2D eigenvalue weighted by molar-refractivity contribution is 5.95. The van der Waals surface area contributed by atoms with Crippen LogP contribution in [0.1, 0.15) is 22.3 Å². The smallest absolute Gasteiger partial charge is 0.285 e. The molecule has 1 aromatic carbocycles. The Labute approximate surface area is 98.2 Å². The van der Waals surface area contributed by atoms with Crippen LogP contribution in [-0.4, -0.2) is 28.8 Å². The Hall–Kier alpha value is -2.35. The quantitative estimate of drug-likeness (QED) is 0.438. The predicted octanol–water partition coefficient (Wildman–Crippen LogP) is 1.42. The largest absolute Gasteiger partial charge is 0.339 e. The second-order valence-corrected chi connectivity index (χ2v) is 3.78. The zero-order valence-electron chi connectivity index (χ0n) is 9.05. The molecule has 5 heteroatoms. The van der Waals surface area contributed by atoms with Crippen molar-refractivity contribution in [1.82, 2.24) is 4.90 Å². The normalized spacial score (nSPS) is 13.7. The second kappa shape index (κ2) is 4.26. The van der Waals surface area contributed by atoms with Gasteiger partial charge < -0.3 is 4.90 Å². The minimum Gasteiger partial charge on any atom is -0.339 e. The van der Waals surface area contributed by atoms with Gasteiger partial charge in [-0.1, -0.05) is 5.92 Å². The SMILES string of the molecule is C#Cc1ccc(C(=O)N2CCC2)cc1[N+](=O)[O-]. The van der Waals surface area contributed by atoms with Crippen LogP contribution in [0, 0.1) is 22.5 Å². The Morgan fingerprint density at radius 1 is 1.47 bits per heavy atom. The number of carbonyl (C=O) groups is 1. The standard InChI is InChI=1S/C12H10N2O3/c1-2-9-4-5-10(8-11(9)14(16)17)12(15)13-6-3-7-13/h1,4-5,8H,3,6-7H2. The van der Waals surface area contributed by atoms with Crippen molar-refractivity contribution in [3.8, 4) is 12.3 Å². The maximum absolute atomic E-state index is 11.9. The molecule has 1 aliphatic rings. The van der Waals surface area contributed by atoms with Gasteiger partial charge in [0.2, 0.25) is 0 Å². The summed E-state index contributed by atoms with van der Waals surface area (Å²) in [5.41, 5.74) is 0.310. The zero-order valence-corrected chi connectivity index (χ0v) is 9.05. The lowest BCUT2D eigenvalue weighted by molar-refractivity contribution is -0.385. The molecule has 17 heavy (non-hydrogen) atoms. The highest BCUT2D eigenvalue weighted by Crippen LogP contribution is 2.21. The van der Waals surface area contributed by atoms with Crippen molar-refractivity contribution in [2.45, 2.75) is 6.42 Å². The van der Waals surface area contributed by atoms with E-state index in [1.54, 1.807) is 4.90 Å². The Morgan fingerprint density at radius 3 is 2.65 bits per heavy atom. The van der Waals surface area contributed by atoms with Crippen LogP contribution < -0.4 is 0 Å². The lowest BCUT2D eigenvalue weighted by Crippen LogP contribution is -2.42. The van der Waals surface area contributed by atoms with Gasteiger partial charge >= 0.3 is 0 Å². The average Bonchev–Trinajstić information content (AvgIpc) is 2.25. The molecule has 1 aromatic rings. The third-order valence-electron chi connectivity index (χ3n) is 2.74. The number of nitro groups is 1. The van der Waals surface area contributed by atoms with E-state index < -0.39 is 4.92 Å². The minimum absolute atomic E-state index is 0.178. The second-order valence-electron chi connectivity index (χ2n) is 3.78. The number of hydrogen-bond acceptors (Lipinski definition) is 3. The molecule has 1 fully saturated rings. The van der Waals surface area contributed by atoms with Gasteiger partial charge in [-0.25, -0.2) is 0 Å². The molecule has 0 N–H and O–H groups in total. The Bertz CT molecular complexity index is 527. The minimum atomic E-state index is -0.567. The monoisotopic (exact) mass is 230 g/mol. The van der Waals surface area contributed by atoms with Gasteiger partial charge in [0.15, 0.2) is 0 Å². The fraction of sp³-hybridized carbons (Fsp3) is 0.250. The van der Waals surface area contributed by atoms with Crippen LogP contribution in [-0.2, 0) is 0 Å². The van der Waals surface area contributed by atoms with Gasteiger partial charge in [-0.2, -0.15) is 0 Å². The van der Waals surface area contributed by atoms with E-state index in [1.807, 2.05) is 0 Å². The molecule has 0 unspecified atom stereocenters. The van der Waals surface area contributed by atoms with Crippen molar-refractivity contribution in [3.05, 3.63) is 39.4 Å². The van der Waals surface area contributed by atoms with E-state index in [-0.39, 0.29) is 17.2 Å². The summed E-state index contributed by atoms with van der Waals surface area (Å²) in [4.78, 5) is 23.7. The van der Waals surface area contributed by atoms with Crippen LogP contribution in [0.25, 0.3) is 0 Å². The van der Waals surface area contributed by atoms with E-state index in [4.69, 9.17) is 6.42 Å². The molecule has 1 saturated heterocycles. The summed E-state index contributed by atoms with van der Waals surface area (Å²) in [6.45, 7) is 1.42. The van der Waals surface area contributed by atoms with E-state index in [2.05, 4.69) is 5.92 Å². The Kier molecular flexibility index (Phi) is 2.79. The summed E-state index contributed by atoms with van der Waals surface area (Å²) in [7, 11) is 0. The van der Waals surface area contributed by atoms with E-state index >= 15 is 0 Å². The van der Waals surface area contributed by atoms with Crippen molar-refractivity contribution < 1.29 is 9.72 Å². The summed E-state index contributed by atoms with van der Waals surface area (Å²) in [6.07, 6.45) is 6.14. The maximum atomic E-state index is 11.9. The molecule has 1 aliphatic heterocycles. The number of benzene rings is 1. The number of amides is 1. The summed E-state index contributed by atoms with van der Waals surface area (Å²) in [5, 5.41) is 10.8. The molecule has 1 heterocycles. The van der Waals surface area contributed by atoms with Gasteiger partial charge in [-0.15, -0.1) is 6.42 Å². The van der Waals surface area contributed by atoms with Crippen LogP contribution in [0.2, 0.25) is 0 Å². The van der Waals surface area contributed by atoms with Crippen LogP contribution >= 0.6 is 0 Å². The Balaban J connectivity index is 2.37. The highest BCUT2D eigenvalue weighted by Gasteiger charge is 2.24. The van der Waals surface area contributed by atoms with Gasteiger partial charge in [-0.05, 0) is 18.6 Å². The number of likely N-dealkylation sites (tertiary alicyclic amines) is 1. The third kappa shape index (κ3) is 1.97. The van der Waals surface area contributed by atoms with Crippen molar-refractivity contribution >= 4 is 11.6 Å². The summed E-state index contributed by atoms with van der Waals surface area (Å²) >= 11 is 0. The first-order chi connectivity index (χ1) is 8.13. The van der Waals surface area contributed by atoms with Crippen molar-refractivity contribution in [3.63, 3.8) is 0 Å². The summed E-state index contributed by atoms with van der Waals surface area (Å²) < 4.78 is 0. The van der Waals surface area contributed by atoms with Crippen LogP contribution in [0.4, 0.5) is 5.69 Å². The lowest BCUT2D eigenvalue weighted by Gasteiger charge is -2.30. The Morgan fingerprint density at radius 2 is 2.18 bits per heavy atom. The zero-order chi connectivity index (χ0) is 12.4. The number of nitro benzene ring substituents is 1. The molecule has 0 radical (unpaired) electrons. The average molecular weight is 230 g/mol. The van der Waals surface area contributed by atoms with Gasteiger partial charge in [-0.3, -0.25) is 14.9 Å². The number of terminal acetylenes is 1. The first-order valence-corrected chi connectivity index (χ1v) is 5.18. The maximum Gasteiger partial charge on any atom is 0.285 e. The molecular formula is C12H10N2O3. The molecule has 1 amide bonds. The van der Waals surface area contributed by atoms with Gasteiger partial charge in [0.1, 0.15) is 5.56 Å². The number of rotatable bonds is 2. The molecular weight excluding hydrogens is 220 g/mol. The van der Waals surface area contributed by atoms with Crippen molar-refractivity contribution in [2.24, 2.45) is 0 Å². The first-order valence-electron chi connectivity index (χ1n) is 5.18. The van der Waals surface area contributed by atoms with Crippen LogP contribution in [0.15, 0.2) is 18.2 Å². The van der Waals surface area contributed by atoms with Gasteiger partial charge in [0, 0.05) is 24.7 Å². The van der Waals surface area contributed by atoms with Crippen molar-refractivity contribution in [2.75, 3.05) is 13.1 Å². The summed E-state index contributed by atoms with van der Waals surface area (Å²) in [5.74, 6) is 2.06. The molecule has 0 spiro atoms. The number of hydrogen-bond donors (Lipinski definition) is 0. The predicted molar refractivity (Wildman–Crippen MR) is 61.6 cm³/mol. The van der Waals surface area contributed by atoms with E-state index in [9.17, 15) is 14.9 Å². The molecule has 2 rings (SSSR count). The highest BCUT2D eigenvalue weighted by atomic mass is 16.6. The fourth-order valence-corrected chi connectivity index (χ4v) is 1.64. The molecule has 0 saturated carbocycles. The van der Waals surface area contributed by atoms with Crippen LogP contribution in [0.3, 0.4) is 0 Å². The lowest BCUT2D eigenvalue weighted by atomic mass is 10.1. The van der Waals surface area contributed by atoms with E-state index in [1.165, 1.54) is 18.2 Å². The fourth-order valence-electron chi connectivity index (χ4n) is 1.64. The molecule has 0 atom stereocenters.